The van der Waals surface area contributed by atoms with Gasteiger partial charge in [-0.15, -0.1) is 10.2 Å². The van der Waals surface area contributed by atoms with E-state index in [1.807, 2.05) is 0 Å². The molecule has 0 saturated heterocycles. The van der Waals surface area contributed by atoms with Gasteiger partial charge in [0.15, 0.2) is 10.8 Å². The van der Waals surface area contributed by atoms with Crippen LogP contribution in [0, 0.1) is 0 Å². The molecule has 1 amide bonds. The maximum atomic E-state index is 12.0. The fraction of sp³-hybridized carbons (Fsp3) is 0.0909. The molecule has 2 rings (SSSR count). The molecule has 0 unspecified atom stereocenters. The lowest BCUT2D eigenvalue weighted by molar-refractivity contribution is 0.0986. The molecule has 0 aliphatic carbocycles. The quantitative estimate of drug-likeness (QED) is 0.813. The molecule has 0 atom stereocenters. The van der Waals surface area contributed by atoms with Gasteiger partial charge < -0.3 is 0 Å². The topological polar surface area (TPSA) is 59.0 Å². The second-order valence-electron chi connectivity index (χ2n) is 3.29. The minimum Gasteiger partial charge on any atom is -0.294 e. The zero-order chi connectivity index (χ0) is 12.3. The highest BCUT2D eigenvalue weighted by atomic mass is 35.5. The number of carbonyl (C=O) groups excluding carboxylic acids is 1. The average Bonchev–Trinajstić information content (AvgIpc) is 2.39. The predicted molar refractivity (Wildman–Crippen MR) is 64.0 cm³/mol. The van der Waals surface area contributed by atoms with E-state index in [4.69, 9.17) is 11.6 Å². The van der Waals surface area contributed by atoms with Crippen LogP contribution in [0.3, 0.4) is 0 Å². The van der Waals surface area contributed by atoms with Crippen LogP contribution in [0.15, 0.2) is 36.5 Å². The van der Waals surface area contributed by atoms with Crippen molar-refractivity contribution in [2.75, 3.05) is 11.9 Å². The molecule has 2 aromatic rings. The summed E-state index contributed by atoms with van der Waals surface area (Å²) in [6, 6.07) is 8.37. The van der Waals surface area contributed by atoms with Gasteiger partial charge in [-0.2, -0.15) is 0 Å². The van der Waals surface area contributed by atoms with E-state index in [0.717, 1.165) is 0 Å². The molecule has 0 radical (unpaired) electrons. The van der Waals surface area contributed by atoms with Gasteiger partial charge >= 0.3 is 0 Å². The third kappa shape index (κ3) is 2.57. The standard InChI is InChI=1S/C11H9ClN4O/c1-16(10-4-2-3-7-13-10)11(17)8-5-6-9(12)15-14-8/h2-7H,1H3. The van der Waals surface area contributed by atoms with Crippen molar-refractivity contribution in [3.8, 4) is 0 Å². The first-order chi connectivity index (χ1) is 8.18. The van der Waals surface area contributed by atoms with E-state index in [1.54, 1.807) is 31.4 Å². The molecular formula is C11H9ClN4O. The van der Waals surface area contributed by atoms with Gasteiger partial charge in [-0.1, -0.05) is 17.7 Å². The van der Waals surface area contributed by atoms with Crippen LogP contribution >= 0.6 is 11.6 Å². The van der Waals surface area contributed by atoms with Gasteiger partial charge in [0.25, 0.3) is 5.91 Å². The second kappa shape index (κ2) is 4.88. The molecule has 0 aromatic carbocycles. The molecule has 2 heterocycles. The number of halogens is 1. The Morgan fingerprint density at radius 3 is 2.65 bits per heavy atom. The highest BCUT2D eigenvalue weighted by Gasteiger charge is 2.15. The molecule has 5 nitrogen and oxygen atoms in total. The molecule has 0 bridgehead atoms. The van der Waals surface area contributed by atoms with Crippen LogP contribution in [-0.4, -0.2) is 28.1 Å². The summed E-state index contributed by atoms with van der Waals surface area (Å²) in [5.74, 6) is 0.266. The van der Waals surface area contributed by atoms with Gasteiger partial charge in [-0.25, -0.2) is 4.98 Å². The Bertz CT molecular complexity index is 515. The van der Waals surface area contributed by atoms with Crippen molar-refractivity contribution in [3.63, 3.8) is 0 Å². The lowest BCUT2D eigenvalue weighted by Gasteiger charge is -2.14. The fourth-order valence-electron chi connectivity index (χ4n) is 1.26. The van der Waals surface area contributed by atoms with E-state index >= 15 is 0 Å². The van der Waals surface area contributed by atoms with Crippen molar-refractivity contribution in [1.29, 1.82) is 0 Å². The number of rotatable bonds is 2. The summed E-state index contributed by atoms with van der Waals surface area (Å²) in [6.45, 7) is 0. The molecular weight excluding hydrogens is 240 g/mol. The summed E-state index contributed by atoms with van der Waals surface area (Å²) < 4.78 is 0. The summed E-state index contributed by atoms with van der Waals surface area (Å²) in [7, 11) is 1.63. The van der Waals surface area contributed by atoms with E-state index in [0.29, 0.717) is 5.82 Å². The number of hydrogen-bond acceptors (Lipinski definition) is 4. The summed E-state index contributed by atoms with van der Waals surface area (Å²) in [4.78, 5) is 17.5. The van der Waals surface area contributed by atoms with Crippen LogP contribution in [0.1, 0.15) is 10.5 Å². The molecule has 2 aromatic heterocycles. The first-order valence-corrected chi connectivity index (χ1v) is 5.24. The summed E-state index contributed by atoms with van der Waals surface area (Å²) in [5.41, 5.74) is 0.225. The zero-order valence-electron chi connectivity index (χ0n) is 9.04. The van der Waals surface area contributed by atoms with Gasteiger partial charge in [0.1, 0.15) is 5.82 Å². The number of carbonyl (C=O) groups is 1. The highest BCUT2D eigenvalue weighted by molar-refractivity contribution is 6.29. The largest absolute Gasteiger partial charge is 0.294 e. The number of hydrogen-bond donors (Lipinski definition) is 0. The van der Waals surface area contributed by atoms with Crippen LogP contribution in [0.5, 0.6) is 0 Å². The van der Waals surface area contributed by atoms with Crippen LogP contribution < -0.4 is 4.90 Å². The van der Waals surface area contributed by atoms with Gasteiger partial charge in [0.2, 0.25) is 0 Å². The van der Waals surface area contributed by atoms with Gasteiger partial charge in [-0.05, 0) is 24.3 Å². The number of pyridine rings is 1. The SMILES string of the molecule is CN(C(=O)c1ccc(Cl)nn1)c1ccccn1. The fourth-order valence-corrected chi connectivity index (χ4v) is 1.36. The lowest BCUT2D eigenvalue weighted by atomic mass is 10.3. The van der Waals surface area contributed by atoms with Crippen molar-refractivity contribution in [2.45, 2.75) is 0 Å². The molecule has 86 valence electrons. The van der Waals surface area contributed by atoms with E-state index in [1.165, 1.54) is 17.0 Å². The number of amides is 1. The highest BCUT2D eigenvalue weighted by Crippen LogP contribution is 2.11. The third-order valence-electron chi connectivity index (χ3n) is 2.15. The van der Waals surface area contributed by atoms with Crippen molar-refractivity contribution >= 4 is 23.3 Å². The Morgan fingerprint density at radius 2 is 2.06 bits per heavy atom. The lowest BCUT2D eigenvalue weighted by Crippen LogP contribution is -2.28. The van der Waals surface area contributed by atoms with Gasteiger partial charge in [-0.3, -0.25) is 9.69 Å². The first kappa shape index (κ1) is 11.5. The van der Waals surface area contributed by atoms with Gasteiger partial charge in [0.05, 0.1) is 0 Å². The summed E-state index contributed by atoms with van der Waals surface area (Å²) >= 11 is 5.60. The monoisotopic (exact) mass is 248 g/mol. The smallest absolute Gasteiger partial charge is 0.279 e. The maximum absolute atomic E-state index is 12.0. The van der Waals surface area contributed by atoms with Crippen molar-refractivity contribution < 1.29 is 4.79 Å². The number of aromatic nitrogens is 3. The first-order valence-electron chi connectivity index (χ1n) is 4.87. The Morgan fingerprint density at radius 1 is 1.24 bits per heavy atom. The molecule has 17 heavy (non-hydrogen) atoms. The van der Waals surface area contributed by atoms with E-state index in [2.05, 4.69) is 15.2 Å². The van der Waals surface area contributed by atoms with Crippen molar-refractivity contribution in [1.82, 2.24) is 15.2 Å². The van der Waals surface area contributed by atoms with E-state index in [-0.39, 0.29) is 16.8 Å². The van der Waals surface area contributed by atoms with Crippen LogP contribution in [0.25, 0.3) is 0 Å². The third-order valence-corrected chi connectivity index (χ3v) is 2.35. The Hall–Kier alpha value is -2.01. The molecule has 0 N–H and O–H groups in total. The minimum atomic E-state index is -0.284. The van der Waals surface area contributed by atoms with Crippen LogP contribution in [-0.2, 0) is 0 Å². The molecule has 0 fully saturated rings. The van der Waals surface area contributed by atoms with Crippen LogP contribution in [0.2, 0.25) is 5.15 Å². The van der Waals surface area contributed by atoms with Crippen LogP contribution in [0.4, 0.5) is 5.82 Å². The average molecular weight is 249 g/mol. The van der Waals surface area contributed by atoms with Crippen molar-refractivity contribution in [2.24, 2.45) is 0 Å². The normalized spacial score (nSPS) is 10.0. The zero-order valence-corrected chi connectivity index (χ0v) is 9.80. The van der Waals surface area contributed by atoms with E-state index < -0.39 is 0 Å². The minimum absolute atomic E-state index is 0.225. The maximum Gasteiger partial charge on any atom is 0.279 e. The molecule has 0 saturated carbocycles. The Labute approximate surface area is 103 Å². The molecule has 0 aliphatic rings. The Balaban J connectivity index is 2.23. The second-order valence-corrected chi connectivity index (χ2v) is 3.68. The molecule has 0 aliphatic heterocycles. The number of nitrogens with zero attached hydrogens (tertiary/aromatic N) is 4. The predicted octanol–water partition coefficient (Wildman–Crippen LogP) is 1.80. The number of anilines is 1. The van der Waals surface area contributed by atoms with E-state index in [9.17, 15) is 4.79 Å². The van der Waals surface area contributed by atoms with Gasteiger partial charge in [0, 0.05) is 13.2 Å². The summed E-state index contributed by atoms with van der Waals surface area (Å²) in [6.07, 6.45) is 1.62. The van der Waals surface area contributed by atoms with Crippen molar-refractivity contribution in [3.05, 3.63) is 47.4 Å². The summed E-state index contributed by atoms with van der Waals surface area (Å²) in [5, 5.41) is 7.60. The molecule has 6 heteroatoms. The molecule has 0 spiro atoms. The Kier molecular flexibility index (Phi) is 3.30.